The van der Waals surface area contributed by atoms with E-state index in [9.17, 15) is 9.59 Å². The first-order chi connectivity index (χ1) is 17.6. The van der Waals surface area contributed by atoms with Crippen molar-refractivity contribution in [2.75, 3.05) is 7.11 Å². The van der Waals surface area contributed by atoms with E-state index in [-0.39, 0.29) is 24.4 Å². The molecule has 0 aliphatic heterocycles. The molecule has 1 saturated carbocycles. The third kappa shape index (κ3) is 5.26. The number of aromatic nitrogens is 3. The quantitative estimate of drug-likeness (QED) is 0.367. The number of carbonyl (C=O) groups excluding carboxylic acids is 2. The van der Waals surface area contributed by atoms with E-state index in [1.165, 1.54) is 0 Å². The Labute approximate surface area is 213 Å². The highest BCUT2D eigenvalue weighted by molar-refractivity contribution is 7.09. The lowest BCUT2D eigenvalue weighted by molar-refractivity contribution is -0.142. The van der Waals surface area contributed by atoms with Gasteiger partial charge in [0.15, 0.2) is 0 Å². The van der Waals surface area contributed by atoms with Crippen molar-refractivity contribution in [3.63, 3.8) is 0 Å². The number of carbonyl (C=O) groups is 2. The van der Waals surface area contributed by atoms with Gasteiger partial charge in [-0.25, -0.2) is 4.68 Å². The summed E-state index contributed by atoms with van der Waals surface area (Å²) in [7, 11) is 1.59. The van der Waals surface area contributed by atoms with Crippen molar-refractivity contribution in [3.8, 4) is 5.75 Å². The van der Waals surface area contributed by atoms with E-state index in [1.54, 1.807) is 28.0 Å². The van der Waals surface area contributed by atoms with E-state index in [1.807, 2.05) is 66.0 Å². The molecule has 0 bridgehead atoms. The van der Waals surface area contributed by atoms with Crippen molar-refractivity contribution in [1.82, 2.24) is 25.2 Å². The fourth-order valence-corrected chi connectivity index (χ4v) is 5.48. The van der Waals surface area contributed by atoms with E-state index >= 15 is 0 Å². The summed E-state index contributed by atoms with van der Waals surface area (Å²) in [6.45, 7) is 0.284. The number of hydrogen-bond donors (Lipinski definition) is 1. The first kappa shape index (κ1) is 24.0. The fraction of sp³-hybridized carbons (Fsp3) is 0.333. The molecule has 1 N–H and O–H groups in total. The molecular weight excluding hydrogens is 474 g/mol. The van der Waals surface area contributed by atoms with Gasteiger partial charge in [0.05, 0.1) is 19.2 Å². The largest absolute Gasteiger partial charge is 0.497 e. The Balaban J connectivity index is 1.52. The van der Waals surface area contributed by atoms with E-state index in [2.05, 4.69) is 15.6 Å². The molecule has 0 saturated heterocycles. The molecule has 0 unspecified atom stereocenters. The summed E-state index contributed by atoms with van der Waals surface area (Å²) in [5, 5.41) is 13.6. The Morgan fingerprint density at radius 2 is 1.97 bits per heavy atom. The Morgan fingerprint density at radius 3 is 2.75 bits per heavy atom. The third-order valence-corrected chi connectivity index (χ3v) is 7.46. The minimum Gasteiger partial charge on any atom is -0.497 e. The van der Waals surface area contributed by atoms with E-state index in [0.717, 1.165) is 41.6 Å². The van der Waals surface area contributed by atoms with Crippen molar-refractivity contribution in [1.29, 1.82) is 0 Å². The van der Waals surface area contributed by atoms with Crippen molar-refractivity contribution < 1.29 is 14.3 Å². The van der Waals surface area contributed by atoms with E-state index in [4.69, 9.17) is 4.74 Å². The molecule has 2 aromatic carbocycles. The number of amides is 2. The van der Waals surface area contributed by atoms with Crippen LogP contribution in [0.5, 0.6) is 5.75 Å². The lowest BCUT2D eigenvalue weighted by Gasteiger charge is -2.32. The van der Waals surface area contributed by atoms with Gasteiger partial charge in [0.25, 0.3) is 0 Å². The van der Waals surface area contributed by atoms with Crippen LogP contribution in [0.2, 0.25) is 0 Å². The summed E-state index contributed by atoms with van der Waals surface area (Å²) >= 11 is 1.56. The summed E-state index contributed by atoms with van der Waals surface area (Å²) in [4.78, 5) is 30.4. The average Bonchev–Trinajstić information content (AvgIpc) is 3.67. The molecule has 1 aliphatic rings. The highest BCUT2D eigenvalue weighted by Crippen LogP contribution is 2.29. The summed E-state index contributed by atoms with van der Waals surface area (Å²) in [6.07, 6.45) is 4.12. The van der Waals surface area contributed by atoms with Gasteiger partial charge in [-0.1, -0.05) is 48.4 Å². The molecule has 2 aromatic heterocycles. The number of fused-ring (bicyclic) bond motifs is 1. The van der Waals surface area contributed by atoms with Crippen LogP contribution in [0.3, 0.4) is 0 Å². The number of thiophene rings is 1. The van der Waals surface area contributed by atoms with Crippen LogP contribution in [0.1, 0.15) is 42.2 Å². The van der Waals surface area contributed by atoms with Crippen LogP contribution in [0.4, 0.5) is 0 Å². The molecule has 9 heteroatoms. The minimum absolute atomic E-state index is 0.0247. The van der Waals surface area contributed by atoms with Gasteiger partial charge in [-0.3, -0.25) is 9.59 Å². The number of rotatable bonds is 9. The maximum atomic E-state index is 13.9. The summed E-state index contributed by atoms with van der Waals surface area (Å²) < 4.78 is 7.04. The van der Waals surface area contributed by atoms with Crippen LogP contribution in [0, 0.1) is 0 Å². The number of methoxy groups -OCH3 is 1. The first-order valence-electron chi connectivity index (χ1n) is 12.2. The monoisotopic (exact) mass is 503 g/mol. The molecule has 5 rings (SSSR count). The highest BCUT2D eigenvalue weighted by atomic mass is 32.1. The molecule has 1 atom stereocenters. The van der Waals surface area contributed by atoms with Crippen molar-refractivity contribution in [2.45, 2.75) is 50.9 Å². The van der Waals surface area contributed by atoms with Gasteiger partial charge < -0.3 is 15.0 Å². The third-order valence-electron chi connectivity index (χ3n) is 6.60. The fourth-order valence-electron chi connectivity index (χ4n) is 4.78. The first-order valence-corrected chi connectivity index (χ1v) is 13.0. The van der Waals surface area contributed by atoms with Crippen LogP contribution in [0.25, 0.3) is 11.0 Å². The van der Waals surface area contributed by atoms with Crippen molar-refractivity contribution >= 4 is 34.2 Å². The van der Waals surface area contributed by atoms with Crippen LogP contribution in [-0.2, 0) is 22.7 Å². The van der Waals surface area contributed by atoms with Crippen molar-refractivity contribution in [2.24, 2.45) is 0 Å². The molecular formula is C27H29N5O3S. The molecule has 36 heavy (non-hydrogen) atoms. The van der Waals surface area contributed by atoms with Crippen LogP contribution in [-0.4, -0.2) is 44.9 Å². The second-order valence-corrected chi connectivity index (χ2v) is 10.0. The molecule has 186 valence electrons. The Hall–Kier alpha value is -3.72. The number of hydrogen-bond acceptors (Lipinski definition) is 6. The lowest BCUT2D eigenvalue weighted by Crippen LogP contribution is -2.46. The number of ether oxygens (including phenoxy) is 1. The molecule has 0 radical (unpaired) electrons. The topological polar surface area (TPSA) is 89.4 Å². The van der Waals surface area contributed by atoms with Crippen LogP contribution in [0.15, 0.2) is 66.0 Å². The van der Waals surface area contributed by atoms with Crippen molar-refractivity contribution in [3.05, 3.63) is 76.5 Å². The SMILES string of the molecule is COc1cccc([C@H](C(=O)NC2CCCC2)N(Cc2cccs2)C(=O)Cn2nnc3ccccc32)c1. The molecule has 1 fully saturated rings. The summed E-state index contributed by atoms with van der Waals surface area (Å²) in [5.41, 5.74) is 2.20. The van der Waals surface area contributed by atoms with E-state index < -0.39 is 6.04 Å². The summed E-state index contributed by atoms with van der Waals surface area (Å²) in [6, 6.07) is 18.2. The van der Waals surface area contributed by atoms with Gasteiger partial charge in [-0.2, -0.15) is 0 Å². The average molecular weight is 504 g/mol. The van der Waals surface area contributed by atoms with Gasteiger partial charge in [0.1, 0.15) is 23.9 Å². The van der Waals surface area contributed by atoms with Gasteiger partial charge in [0.2, 0.25) is 11.8 Å². The highest BCUT2D eigenvalue weighted by Gasteiger charge is 2.34. The van der Waals surface area contributed by atoms with Gasteiger partial charge >= 0.3 is 0 Å². The molecule has 2 amide bonds. The Bertz CT molecular complexity index is 1330. The molecule has 0 spiro atoms. The maximum Gasteiger partial charge on any atom is 0.247 e. The second kappa shape index (κ2) is 10.9. The Morgan fingerprint density at radius 1 is 1.14 bits per heavy atom. The van der Waals surface area contributed by atoms with Crippen LogP contribution >= 0.6 is 11.3 Å². The smallest absolute Gasteiger partial charge is 0.247 e. The second-order valence-electron chi connectivity index (χ2n) is 9.01. The maximum absolute atomic E-state index is 13.9. The molecule has 8 nitrogen and oxygen atoms in total. The predicted molar refractivity (Wildman–Crippen MR) is 139 cm³/mol. The Kier molecular flexibility index (Phi) is 7.27. The van der Waals surface area contributed by atoms with Crippen LogP contribution < -0.4 is 10.1 Å². The van der Waals surface area contributed by atoms with Gasteiger partial charge in [0, 0.05) is 10.9 Å². The number of benzene rings is 2. The predicted octanol–water partition coefficient (Wildman–Crippen LogP) is 4.33. The molecule has 4 aromatic rings. The zero-order valence-corrected chi connectivity index (χ0v) is 21.0. The summed E-state index contributed by atoms with van der Waals surface area (Å²) in [5.74, 6) is 0.244. The number of para-hydroxylation sites is 1. The number of nitrogens with zero attached hydrogens (tertiary/aromatic N) is 4. The molecule has 1 aliphatic carbocycles. The minimum atomic E-state index is -0.815. The lowest BCUT2D eigenvalue weighted by atomic mass is 10.0. The van der Waals surface area contributed by atoms with E-state index in [0.29, 0.717) is 17.9 Å². The normalized spacial score (nSPS) is 14.6. The zero-order chi connectivity index (χ0) is 24.9. The molecule has 2 heterocycles. The zero-order valence-electron chi connectivity index (χ0n) is 20.2. The van der Waals surface area contributed by atoms with Gasteiger partial charge in [-0.15, -0.1) is 16.4 Å². The van der Waals surface area contributed by atoms with Gasteiger partial charge in [-0.05, 0) is 54.1 Å². The standard InChI is InChI=1S/C27H29N5O3S/c1-35-21-11-6-8-19(16-21)26(27(34)28-20-9-2-3-10-20)31(17-22-12-7-15-36-22)25(33)18-32-24-14-5-4-13-23(24)29-30-32/h4-8,11-16,20,26H,2-3,9-10,17-18H2,1H3,(H,28,34)/t26-/m1/s1. The number of nitrogens with one attached hydrogen (secondary N) is 1.